The number of halogens is 1. The highest BCUT2D eigenvalue weighted by Crippen LogP contribution is 2.32. The number of nitrogens with zero attached hydrogens (tertiary/aromatic N) is 3. The first kappa shape index (κ1) is 15.9. The van der Waals surface area contributed by atoms with Gasteiger partial charge < -0.3 is 16.0 Å². The molecule has 122 valence electrons. The smallest absolute Gasteiger partial charge is 0.159 e. The highest BCUT2D eigenvalue weighted by molar-refractivity contribution is 6.31. The maximum Gasteiger partial charge on any atom is 0.159 e. The van der Waals surface area contributed by atoms with Crippen LogP contribution in [0.5, 0.6) is 0 Å². The molecule has 1 saturated heterocycles. The van der Waals surface area contributed by atoms with E-state index >= 15 is 0 Å². The molecule has 0 atom stereocenters. The molecule has 0 bridgehead atoms. The number of nitrogen functional groups attached to an aromatic ring is 1. The maximum absolute atomic E-state index is 6.32. The van der Waals surface area contributed by atoms with Crippen LogP contribution in [0.2, 0.25) is 5.02 Å². The van der Waals surface area contributed by atoms with Crippen molar-refractivity contribution in [2.75, 3.05) is 29.0 Å². The van der Waals surface area contributed by atoms with E-state index in [-0.39, 0.29) is 0 Å². The van der Waals surface area contributed by atoms with E-state index in [4.69, 9.17) is 17.3 Å². The van der Waals surface area contributed by atoms with Gasteiger partial charge in [-0.3, -0.25) is 0 Å². The van der Waals surface area contributed by atoms with Gasteiger partial charge in [0.05, 0.1) is 0 Å². The van der Waals surface area contributed by atoms with Crippen molar-refractivity contribution in [2.24, 2.45) is 5.92 Å². The van der Waals surface area contributed by atoms with Gasteiger partial charge in [0, 0.05) is 23.8 Å². The van der Waals surface area contributed by atoms with Crippen LogP contribution in [0.15, 0.2) is 24.5 Å². The summed E-state index contributed by atoms with van der Waals surface area (Å²) in [7, 11) is 0. The van der Waals surface area contributed by atoms with Gasteiger partial charge in [-0.05, 0) is 43.4 Å². The van der Waals surface area contributed by atoms with Crippen LogP contribution in [0.4, 0.5) is 23.0 Å². The van der Waals surface area contributed by atoms with Crippen molar-refractivity contribution in [1.29, 1.82) is 0 Å². The van der Waals surface area contributed by atoms with Crippen LogP contribution in [0.1, 0.15) is 25.3 Å². The summed E-state index contributed by atoms with van der Waals surface area (Å²) in [6.07, 6.45) is 3.89. The molecule has 0 saturated carbocycles. The minimum Gasteiger partial charge on any atom is -0.393 e. The number of hydrogen-bond donors (Lipinski definition) is 2. The number of nitrogens with one attached hydrogen (secondary N) is 1. The molecule has 2 heterocycles. The zero-order valence-corrected chi connectivity index (χ0v) is 14.3. The standard InChI is InChI=1S/C17H22ClN5/c1-11-6-8-23(9-7-11)17-15(19)16(20-10-21-17)22-14-5-3-4-13(18)12(14)2/h3-5,10-11H,6-9,19H2,1-2H3,(H,20,21,22). The summed E-state index contributed by atoms with van der Waals surface area (Å²) in [6.45, 7) is 6.22. The zero-order valence-electron chi connectivity index (χ0n) is 13.5. The van der Waals surface area contributed by atoms with Gasteiger partial charge >= 0.3 is 0 Å². The minimum atomic E-state index is 0.585. The summed E-state index contributed by atoms with van der Waals surface area (Å²) in [6, 6.07) is 5.73. The topological polar surface area (TPSA) is 67.1 Å². The first-order valence-corrected chi connectivity index (χ1v) is 8.31. The van der Waals surface area contributed by atoms with Crippen LogP contribution in [-0.2, 0) is 0 Å². The average molecular weight is 332 g/mol. The van der Waals surface area contributed by atoms with Crippen LogP contribution < -0.4 is 16.0 Å². The maximum atomic E-state index is 6.32. The summed E-state index contributed by atoms with van der Waals surface area (Å²) in [5.41, 5.74) is 8.78. The highest BCUT2D eigenvalue weighted by Gasteiger charge is 2.20. The largest absolute Gasteiger partial charge is 0.393 e. The molecule has 1 aromatic heterocycles. The predicted molar refractivity (Wildman–Crippen MR) is 96.5 cm³/mol. The molecule has 3 rings (SSSR count). The van der Waals surface area contributed by atoms with E-state index < -0.39 is 0 Å². The molecule has 6 heteroatoms. The minimum absolute atomic E-state index is 0.585. The van der Waals surface area contributed by atoms with Crippen molar-refractivity contribution in [3.05, 3.63) is 35.1 Å². The molecule has 0 amide bonds. The Labute approximate surface area is 141 Å². The molecule has 1 aliphatic heterocycles. The lowest BCUT2D eigenvalue weighted by Crippen LogP contribution is -2.34. The second-order valence-corrected chi connectivity index (χ2v) is 6.57. The quantitative estimate of drug-likeness (QED) is 0.889. The number of hydrogen-bond acceptors (Lipinski definition) is 5. The van der Waals surface area contributed by atoms with Gasteiger partial charge in [0.15, 0.2) is 11.6 Å². The molecule has 1 aromatic carbocycles. The first-order valence-electron chi connectivity index (χ1n) is 7.94. The lowest BCUT2D eigenvalue weighted by molar-refractivity contribution is 0.437. The molecule has 23 heavy (non-hydrogen) atoms. The van der Waals surface area contributed by atoms with E-state index in [9.17, 15) is 0 Å². The van der Waals surface area contributed by atoms with E-state index in [0.29, 0.717) is 16.5 Å². The Morgan fingerprint density at radius 3 is 2.74 bits per heavy atom. The average Bonchev–Trinajstić information content (AvgIpc) is 2.55. The van der Waals surface area contributed by atoms with Gasteiger partial charge in [0.1, 0.15) is 12.0 Å². The van der Waals surface area contributed by atoms with Crippen molar-refractivity contribution in [2.45, 2.75) is 26.7 Å². The summed E-state index contributed by atoms with van der Waals surface area (Å²) < 4.78 is 0. The fraction of sp³-hybridized carbons (Fsp3) is 0.412. The SMILES string of the molecule is Cc1c(Cl)cccc1Nc1ncnc(N2CCC(C)CC2)c1N. The molecule has 0 aliphatic carbocycles. The fourth-order valence-electron chi connectivity index (χ4n) is 2.83. The van der Waals surface area contributed by atoms with Crippen LogP contribution in [-0.4, -0.2) is 23.1 Å². The third-order valence-electron chi connectivity index (χ3n) is 4.47. The lowest BCUT2D eigenvalue weighted by Gasteiger charge is -2.32. The predicted octanol–water partition coefficient (Wildman–Crippen LogP) is 4.00. The van der Waals surface area contributed by atoms with Crippen LogP contribution in [0, 0.1) is 12.8 Å². The third kappa shape index (κ3) is 3.34. The Morgan fingerprint density at radius 2 is 2.00 bits per heavy atom. The molecule has 0 unspecified atom stereocenters. The highest BCUT2D eigenvalue weighted by atomic mass is 35.5. The molecule has 1 aliphatic rings. The van der Waals surface area contributed by atoms with Gasteiger partial charge in [0.25, 0.3) is 0 Å². The Hall–Kier alpha value is -2.01. The lowest BCUT2D eigenvalue weighted by atomic mass is 9.99. The fourth-order valence-corrected chi connectivity index (χ4v) is 3.00. The summed E-state index contributed by atoms with van der Waals surface area (Å²) in [5.74, 6) is 2.20. The summed E-state index contributed by atoms with van der Waals surface area (Å²) >= 11 is 6.17. The molecular weight excluding hydrogens is 310 g/mol. The van der Waals surface area contributed by atoms with Crippen LogP contribution >= 0.6 is 11.6 Å². The third-order valence-corrected chi connectivity index (χ3v) is 4.88. The molecular formula is C17H22ClN5. The second kappa shape index (κ2) is 6.62. The van der Waals surface area contributed by atoms with Gasteiger partial charge in [-0.25, -0.2) is 9.97 Å². The molecule has 0 radical (unpaired) electrons. The normalized spacial score (nSPS) is 15.7. The van der Waals surface area contributed by atoms with Crippen LogP contribution in [0.25, 0.3) is 0 Å². The monoisotopic (exact) mass is 331 g/mol. The zero-order chi connectivity index (χ0) is 16.4. The van der Waals surface area contributed by atoms with Crippen molar-refractivity contribution < 1.29 is 0 Å². The number of benzene rings is 1. The Morgan fingerprint density at radius 1 is 1.26 bits per heavy atom. The van der Waals surface area contributed by atoms with Gasteiger partial charge in [-0.2, -0.15) is 0 Å². The number of aromatic nitrogens is 2. The van der Waals surface area contributed by atoms with Gasteiger partial charge in [-0.15, -0.1) is 0 Å². The van der Waals surface area contributed by atoms with E-state index in [2.05, 4.69) is 27.1 Å². The van der Waals surface area contributed by atoms with E-state index in [1.165, 1.54) is 12.8 Å². The Bertz CT molecular complexity index is 695. The van der Waals surface area contributed by atoms with E-state index in [0.717, 1.165) is 36.1 Å². The van der Waals surface area contributed by atoms with Crippen LogP contribution in [0.3, 0.4) is 0 Å². The summed E-state index contributed by atoms with van der Waals surface area (Å²) in [4.78, 5) is 10.9. The molecule has 1 fully saturated rings. The molecule has 2 aromatic rings. The van der Waals surface area contributed by atoms with E-state index in [1.807, 2.05) is 25.1 Å². The number of anilines is 4. The molecule has 0 spiro atoms. The number of nitrogens with two attached hydrogens (primary N) is 1. The second-order valence-electron chi connectivity index (χ2n) is 6.17. The summed E-state index contributed by atoms with van der Waals surface area (Å²) in [5, 5.41) is 4.00. The molecule has 3 N–H and O–H groups in total. The van der Waals surface area contributed by atoms with Gasteiger partial charge in [-0.1, -0.05) is 24.6 Å². The molecule has 5 nitrogen and oxygen atoms in total. The van der Waals surface area contributed by atoms with Crippen molar-refractivity contribution >= 4 is 34.6 Å². The van der Waals surface area contributed by atoms with Crippen molar-refractivity contribution in [3.63, 3.8) is 0 Å². The Kier molecular flexibility index (Phi) is 4.57. The van der Waals surface area contributed by atoms with Gasteiger partial charge in [0.2, 0.25) is 0 Å². The number of rotatable bonds is 3. The first-order chi connectivity index (χ1) is 11.1. The van der Waals surface area contributed by atoms with Crippen molar-refractivity contribution in [1.82, 2.24) is 9.97 Å². The van der Waals surface area contributed by atoms with E-state index in [1.54, 1.807) is 6.33 Å². The number of piperidine rings is 1. The Balaban J connectivity index is 1.86. The van der Waals surface area contributed by atoms with Crippen molar-refractivity contribution in [3.8, 4) is 0 Å².